The Bertz CT molecular complexity index is 831. The van der Waals surface area contributed by atoms with Gasteiger partial charge < -0.3 is 4.98 Å². The van der Waals surface area contributed by atoms with Crippen LogP contribution >= 0.6 is 11.3 Å². The lowest BCUT2D eigenvalue weighted by molar-refractivity contribution is 1.27. The number of rotatable bonds is 1. The summed E-state index contributed by atoms with van der Waals surface area (Å²) in [5.74, 6) is 0. The first kappa shape index (κ1) is 9.79. The fourth-order valence-corrected chi connectivity index (χ4v) is 2.93. The average molecular weight is 251 g/mol. The van der Waals surface area contributed by atoms with Gasteiger partial charge in [-0.2, -0.15) is 0 Å². The largest absolute Gasteiger partial charge is 0.360 e. The molecule has 0 saturated carbocycles. The fraction of sp³-hybridized carbons (Fsp3) is 0. The van der Waals surface area contributed by atoms with Crippen LogP contribution < -0.4 is 0 Å². The highest BCUT2D eigenvalue weighted by molar-refractivity contribution is 7.17. The second-order valence-corrected chi connectivity index (χ2v) is 5.05. The standard InChI is InChI=1S/C14H9N3S/c1-2-10(15-6-1)12-8-16-11-3-4-13-9(5-7-18-13)14(11)17-12/h1-8,15H. The topological polar surface area (TPSA) is 41.6 Å². The smallest absolute Gasteiger partial charge is 0.105 e. The number of hydrogen-bond donors (Lipinski definition) is 1. The molecule has 0 spiro atoms. The molecule has 0 amide bonds. The summed E-state index contributed by atoms with van der Waals surface area (Å²) in [6, 6.07) is 10.2. The Morgan fingerprint density at radius 3 is 3.00 bits per heavy atom. The molecular formula is C14H9N3S. The molecule has 86 valence electrons. The second-order valence-electron chi connectivity index (χ2n) is 4.10. The lowest BCUT2D eigenvalue weighted by atomic mass is 10.2. The molecular weight excluding hydrogens is 242 g/mol. The molecule has 18 heavy (non-hydrogen) atoms. The van der Waals surface area contributed by atoms with Crippen molar-refractivity contribution in [2.75, 3.05) is 0 Å². The molecule has 0 aliphatic heterocycles. The third-order valence-electron chi connectivity index (χ3n) is 3.02. The SMILES string of the molecule is c1c[nH]c(-c2cnc3ccc4sccc4c3n2)c1. The highest BCUT2D eigenvalue weighted by atomic mass is 32.1. The third-order valence-corrected chi connectivity index (χ3v) is 3.90. The van der Waals surface area contributed by atoms with Gasteiger partial charge >= 0.3 is 0 Å². The quantitative estimate of drug-likeness (QED) is 0.558. The summed E-state index contributed by atoms with van der Waals surface area (Å²) >= 11 is 1.73. The molecule has 0 aliphatic rings. The number of thiophene rings is 1. The number of nitrogens with zero attached hydrogens (tertiary/aromatic N) is 2. The van der Waals surface area contributed by atoms with E-state index in [4.69, 9.17) is 4.98 Å². The van der Waals surface area contributed by atoms with Crippen molar-refractivity contribution in [3.8, 4) is 11.4 Å². The number of aromatic amines is 1. The molecule has 0 atom stereocenters. The Morgan fingerprint density at radius 2 is 2.11 bits per heavy atom. The Kier molecular flexibility index (Phi) is 1.98. The molecule has 4 rings (SSSR count). The van der Waals surface area contributed by atoms with Crippen LogP contribution in [0.1, 0.15) is 0 Å². The van der Waals surface area contributed by atoms with E-state index in [1.807, 2.05) is 30.6 Å². The van der Waals surface area contributed by atoms with Crippen molar-refractivity contribution >= 4 is 32.5 Å². The van der Waals surface area contributed by atoms with Gasteiger partial charge in [0.2, 0.25) is 0 Å². The van der Waals surface area contributed by atoms with E-state index < -0.39 is 0 Å². The van der Waals surface area contributed by atoms with Crippen molar-refractivity contribution in [2.24, 2.45) is 0 Å². The van der Waals surface area contributed by atoms with Gasteiger partial charge in [0.15, 0.2) is 0 Å². The molecule has 4 aromatic rings. The molecule has 4 heteroatoms. The van der Waals surface area contributed by atoms with E-state index in [9.17, 15) is 0 Å². The molecule has 0 aliphatic carbocycles. The van der Waals surface area contributed by atoms with Crippen LogP contribution in [0.3, 0.4) is 0 Å². The van der Waals surface area contributed by atoms with Crippen molar-refractivity contribution in [3.63, 3.8) is 0 Å². The number of aromatic nitrogens is 3. The van der Waals surface area contributed by atoms with E-state index in [2.05, 4.69) is 27.5 Å². The lowest BCUT2D eigenvalue weighted by Gasteiger charge is -2.01. The summed E-state index contributed by atoms with van der Waals surface area (Å²) in [6.45, 7) is 0. The maximum Gasteiger partial charge on any atom is 0.105 e. The highest BCUT2D eigenvalue weighted by Crippen LogP contribution is 2.28. The van der Waals surface area contributed by atoms with E-state index >= 15 is 0 Å². The van der Waals surface area contributed by atoms with E-state index in [0.29, 0.717) is 0 Å². The molecule has 0 saturated heterocycles. The predicted molar refractivity (Wildman–Crippen MR) is 74.7 cm³/mol. The van der Waals surface area contributed by atoms with E-state index in [-0.39, 0.29) is 0 Å². The minimum atomic E-state index is 0.881. The minimum Gasteiger partial charge on any atom is -0.360 e. The van der Waals surface area contributed by atoms with Gasteiger partial charge in [-0.05, 0) is 35.7 Å². The van der Waals surface area contributed by atoms with Gasteiger partial charge in [-0.1, -0.05) is 0 Å². The zero-order valence-electron chi connectivity index (χ0n) is 9.42. The van der Waals surface area contributed by atoms with Crippen LogP contribution in [-0.4, -0.2) is 15.0 Å². The van der Waals surface area contributed by atoms with Crippen LogP contribution in [0.5, 0.6) is 0 Å². The van der Waals surface area contributed by atoms with Gasteiger partial charge in [-0.15, -0.1) is 11.3 Å². The monoisotopic (exact) mass is 251 g/mol. The Hall–Kier alpha value is -2.20. The first-order valence-corrected chi connectivity index (χ1v) is 6.56. The minimum absolute atomic E-state index is 0.881. The highest BCUT2D eigenvalue weighted by Gasteiger charge is 2.07. The molecule has 0 bridgehead atoms. The van der Waals surface area contributed by atoms with Crippen LogP contribution in [0.2, 0.25) is 0 Å². The third kappa shape index (κ3) is 1.36. The first-order valence-electron chi connectivity index (χ1n) is 5.68. The zero-order chi connectivity index (χ0) is 11.9. The van der Waals surface area contributed by atoms with Crippen LogP contribution in [0.15, 0.2) is 48.1 Å². The number of hydrogen-bond acceptors (Lipinski definition) is 3. The summed E-state index contributed by atoms with van der Waals surface area (Å²) in [7, 11) is 0. The summed E-state index contributed by atoms with van der Waals surface area (Å²) in [4.78, 5) is 12.4. The van der Waals surface area contributed by atoms with Crippen molar-refractivity contribution < 1.29 is 0 Å². The number of nitrogens with one attached hydrogen (secondary N) is 1. The maximum absolute atomic E-state index is 4.73. The first-order chi connectivity index (χ1) is 8.92. The average Bonchev–Trinajstić information content (AvgIpc) is 3.09. The molecule has 0 unspecified atom stereocenters. The van der Waals surface area contributed by atoms with Crippen molar-refractivity contribution in [1.29, 1.82) is 0 Å². The van der Waals surface area contributed by atoms with E-state index in [1.54, 1.807) is 11.3 Å². The molecule has 1 aromatic carbocycles. The predicted octanol–water partition coefficient (Wildman–Crippen LogP) is 3.84. The lowest BCUT2D eigenvalue weighted by Crippen LogP contribution is -1.88. The molecule has 3 nitrogen and oxygen atoms in total. The van der Waals surface area contributed by atoms with Gasteiger partial charge in [0.1, 0.15) is 5.69 Å². The Balaban J connectivity index is 2.08. The van der Waals surface area contributed by atoms with Crippen LogP contribution in [0, 0.1) is 0 Å². The molecule has 1 N–H and O–H groups in total. The Labute approximate surface area is 107 Å². The van der Waals surface area contributed by atoms with Crippen LogP contribution in [0.25, 0.3) is 32.5 Å². The van der Waals surface area contributed by atoms with Gasteiger partial charge in [0, 0.05) is 16.3 Å². The van der Waals surface area contributed by atoms with E-state index in [0.717, 1.165) is 22.4 Å². The summed E-state index contributed by atoms with van der Waals surface area (Å²) in [6.07, 6.45) is 3.71. The fourth-order valence-electron chi connectivity index (χ4n) is 2.14. The molecule has 0 fully saturated rings. The van der Waals surface area contributed by atoms with Crippen molar-refractivity contribution in [3.05, 3.63) is 48.1 Å². The Morgan fingerprint density at radius 1 is 1.11 bits per heavy atom. The second kappa shape index (κ2) is 3.65. The molecule has 0 radical (unpaired) electrons. The van der Waals surface area contributed by atoms with Crippen LogP contribution in [0.4, 0.5) is 0 Å². The number of fused-ring (bicyclic) bond motifs is 3. The number of H-pyrrole nitrogens is 1. The normalized spacial score (nSPS) is 11.3. The summed E-state index contributed by atoms with van der Waals surface area (Å²) < 4.78 is 1.25. The van der Waals surface area contributed by atoms with Crippen molar-refractivity contribution in [2.45, 2.75) is 0 Å². The van der Waals surface area contributed by atoms with Gasteiger partial charge in [0.25, 0.3) is 0 Å². The van der Waals surface area contributed by atoms with Gasteiger partial charge in [0.05, 0.1) is 22.9 Å². The van der Waals surface area contributed by atoms with Gasteiger partial charge in [-0.3, -0.25) is 4.98 Å². The molecule has 3 heterocycles. The summed E-state index contributed by atoms with van der Waals surface area (Å²) in [5, 5.41) is 3.27. The number of benzene rings is 1. The maximum atomic E-state index is 4.73. The van der Waals surface area contributed by atoms with E-state index in [1.165, 1.54) is 10.1 Å². The van der Waals surface area contributed by atoms with Crippen molar-refractivity contribution in [1.82, 2.24) is 15.0 Å². The molecule has 3 aromatic heterocycles. The van der Waals surface area contributed by atoms with Crippen LogP contribution in [-0.2, 0) is 0 Å². The van der Waals surface area contributed by atoms with Gasteiger partial charge in [-0.25, -0.2) is 4.98 Å². The zero-order valence-corrected chi connectivity index (χ0v) is 10.2. The summed E-state index contributed by atoms with van der Waals surface area (Å²) in [5.41, 5.74) is 3.79.